The number of amides is 1. The summed E-state index contributed by atoms with van der Waals surface area (Å²) in [7, 11) is 0. The van der Waals surface area contributed by atoms with E-state index in [2.05, 4.69) is 10.6 Å². The molecule has 1 amide bonds. The predicted octanol–water partition coefficient (Wildman–Crippen LogP) is -0.0249. The Morgan fingerprint density at radius 3 is 2.46 bits per heavy atom. The van der Waals surface area contributed by atoms with E-state index in [0.29, 0.717) is 5.69 Å². The van der Waals surface area contributed by atoms with Crippen LogP contribution < -0.4 is 10.6 Å². The molecule has 0 fully saturated rings. The Kier molecular flexibility index (Phi) is 8.33. The summed E-state index contributed by atoms with van der Waals surface area (Å²) in [5, 5.41) is 33.3. The Morgan fingerprint density at radius 1 is 1.25 bits per heavy atom. The van der Waals surface area contributed by atoms with Crippen molar-refractivity contribution in [2.45, 2.75) is 12.5 Å². The number of aliphatic hydroxyl groups is 1. The van der Waals surface area contributed by atoms with Crippen LogP contribution >= 0.6 is 0 Å². The summed E-state index contributed by atoms with van der Waals surface area (Å²) < 4.78 is 4.98. The van der Waals surface area contributed by atoms with Crippen LogP contribution in [0.15, 0.2) is 24.3 Å². The van der Waals surface area contributed by atoms with Gasteiger partial charge < -0.3 is 25.6 Å². The normalized spacial score (nSPS) is 11.7. The van der Waals surface area contributed by atoms with Crippen molar-refractivity contribution in [1.82, 2.24) is 5.32 Å². The van der Waals surface area contributed by atoms with E-state index in [4.69, 9.17) is 14.9 Å². The zero-order chi connectivity index (χ0) is 17.9. The molecule has 0 spiro atoms. The molecule has 10 heteroatoms. The van der Waals surface area contributed by atoms with Gasteiger partial charge in [0.2, 0.25) is 5.91 Å². The fourth-order valence-electron chi connectivity index (χ4n) is 1.78. The van der Waals surface area contributed by atoms with Crippen LogP contribution in [-0.2, 0) is 14.3 Å². The second-order valence-electron chi connectivity index (χ2n) is 4.74. The number of non-ortho nitro benzene ring substituents is 1. The van der Waals surface area contributed by atoms with Gasteiger partial charge in [-0.25, -0.2) is 0 Å². The van der Waals surface area contributed by atoms with Crippen molar-refractivity contribution in [3.63, 3.8) is 0 Å². The molecular weight excluding hydrogens is 322 g/mol. The molecule has 10 nitrogen and oxygen atoms in total. The number of hydrogen-bond donors (Lipinski definition) is 4. The number of carboxylic acid groups (broad SMARTS) is 1. The minimum atomic E-state index is -1.18. The molecule has 1 atom stereocenters. The molecule has 1 aromatic carbocycles. The van der Waals surface area contributed by atoms with Gasteiger partial charge in [0, 0.05) is 24.4 Å². The molecule has 1 unspecified atom stereocenters. The molecule has 0 aliphatic heterocycles. The molecule has 1 aromatic rings. The maximum Gasteiger partial charge on any atom is 0.321 e. The molecule has 0 aliphatic carbocycles. The van der Waals surface area contributed by atoms with Crippen LogP contribution in [0.25, 0.3) is 0 Å². The fourth-order valence-corrected chi connectivity index (χ4v) is 1.78. The van der Waals surface area contributed by atoms with Crippen LogP contribution in [0.3, 0.4) is 0 Å². The molecule has 0 aromatic heterocycles. The number of ether oxygens (including phenoxy) is 1. The number of carboxylic acids is 1. The number of nitro groups is 1. The third-order valence-corrected chi connectivity index (χ3v) is 2.92. The second-order valence-corrected chi connectivity index (χ2v) is 4.74. The average molecular weight is 341 g/mol. The van der Waals surface area contributed by atoms with Gasteiger partial charge in [0.1, 0.15) is 6.04 Å². The number of anilines is 1. The Hall–Kier alpha value is -2.56. The molecule has 0 aliphatic rings. The zero-order valence-electron chi connectivity index (χ0n) is 12.8. The zero-order valence-corrected chi connectivity index (χ0v) is 12.8. The van der Waals surface area contributed by atoms with Crippen molar-refractivity contribution in [3.8, 4) is 0 Å². The number of nitrogens with one attached hydrogen (secondary N) is 2. The number of aliphatic carboxylic acids is 1. The quantitative estimate of drug-likeness (QED) is 0.249. The lowest BCUT2D eigenvalue weighted by molar-refractivity contribution is -0.384. The molecule has 0 saturated carbocycles. The van der Waals surface area contributed by atoms with E-state index in [0.717, 1.165) is 0 Å². The van der Waals surface area contributed by atoms with Gasteiger partial charge in [-0.05, 0) is 12.1 Å². The number of carbonyl (C=O) groups is 2. The molecule has 4 N–H and O–H groups in total. The van der Waals surface area contributed by atoms with E-state index < -0.39 is 22.8 Å². The molecular formula is C14H19N3O7. The second kappa shape index (κ2) is 10.3. The van der Waals surface area contributed by atoms with Crippen LogP contribution in [-0.4, -0.2) is 59.4 Å². The van der Waals surface area contributed by atoms with Gasteiger partial charge in [0.15, 0.2) is 0 Å². The van der Waals surface area contributed by atoms with Gasteiger partial charge in [-0.3, -0.25) is 19.7 Å². The maximum absolute atomic E-state index is 11.9. The van der Waals surface area contributed by atoms with Gasteiger partial charge in [0.25, 0.3) is 5.69 Å². The highest BCUT2D eigenvalue weighted by molar-refractivity contribution is 5.94. The SMILES string of the molecule is O=C(CC(NCCOCCO)C(=O)O)Nc1ccc([N+](=O)[O-])cc1. The highest BCUT2D eigenvalue weighted by Crippen LogP contribution is 2.15. The molecule has 132 valence electrons. The number of nitrogens with zero attached hydrogens (tertiary/aromatic N) is 1. The minimum Gasteiger partial charge on any atom is -0.480 e. The standard InChI is InChI=1S/C14H19N3O7/c18-6-8-24-7-5-15-12(14(20)21)9-13(19)16-10-1-3-11(4-2-10)17(22)23/h1-4,12,15,18H,5-9H2,(H,16,19)(H,20,21). The van der Waals surface area contributed by atoms with Crippen LogP contribution in [0, 0.1) is 10.1 Å². The molecule has 0 bridgehead atoms. The summed E-state index contributed by atoms with van der Waals surface area (Å²) in [4.78, 5) is 33.0. The van der Waals surface area contributed by atoms with Crippen molar-refractivity contribution in [2.24, 2.45) is 0 Å². The number of carbonyl (C=O) groups excluding carboxylic acids is 1. The van der Waals surface area contributed by atoms with E-state index in [1.165, 1.54) is 24.3 Å². The predicted molar refractivity (Wildman–Crippen MR) is 83.7 cm³/mol. The first-order chi connectivity index (χ1) is 11.4. The highest BCUT2D eigenvalue weighted by atomic mass is 16.6. The topological polar surface area (TPSA) is 151 Å². The molecule has 1 rings (SSSR count). The third-order valence-electron chi connectivity index (χ3n) is 2.92. The summed E-state index contributed by atoms with van der Waals surface area (Å²) in [6, 6.07) is 4.10. The van der Waals surface area contributed by atoms with Crippen LogP contribution in [0.4, 0.5) is 11.4 Å². The summed E-state index contributed by atoms with van der Waals surface area (Å²) in [6.45, 7) is 0.441. The summed E-state index contributed by atoms with van der Waals surface area (Å²) in [5.41, 5.74) is 0.224. The molecule has 0 saturated heterocycles. The van der Waals surface area contributed by atoms with Gasteiger partial charge in [0.05, 0.1) is 31.2 Å². The van der Waals surface area contributed by atoms with Gasteiger partial charge in [-0.15, -0.1) is 0 Å². The largest absolute Gasteiger partial charge is 0.480 e. The van der Waals surface area contributed by atoms with Crippen LogP contribution in [0.1, 0.15) is 6.42 Å². The minimum absolute atomic E-state index is 0.110. The summed E-state index contributed by atoms with van der Waals surface area (Å²) >= 11 is 0. The first-order valence-electron chi connectivity index (χ1n) is 7.13. The van der Waals surface area contributed by atoms with Crippen molar-refractivity contribution in [3.05, 3.63) is 34.4 Å². The lowest BCUT2D eigenvalue weighted by Gasteiger charge is -2.14. The number of nitro benzene ring substituents is 1. The molecule has 0 radical (unpaired) electrons. The van der Waals surface area contributed by atoms with E-state index >= 15 is 0 Å². The Bertz CT molecular complexity index is 562. The van der Waals surface area contributed by atoms with E-state index in [-0.39, 0.29) is 38.5 Å². The number of hydrogen-bond acceptors (Lipinski definition) is 7. The molecule has 24 heavy (non-hydrogen) atoms. The maximum atomic E-state index is 11.9. The Balaban J connectivity index is 2.46. The van der Waals surface area contributed by atoms with Gasteiger partial charge >= 0.3 is 5.97 Å². The first kappa shape index (κ1) is 19.5. The van der Waals surface area contributed by atoms with Crippen LogP contribution in [0.5, 0.6) is 0 Å². The smallest absolute Gasteiger partial charge is 0.321 e. The van der Waals surface area contributed by atoms with E-state index in [1.54, 1.807) is 0 Å². The highest BCUT2D eigenvalue weighted by Gasteiger charge is 2.20. The van der Waals surface area contributed by atoms with Gasteiger partial charge in [-0.2, -0.15) is 0 Å². The Morgan fingerprint density at radius 2 is 1.92 bits per heavy atom. The first-order valence-corrected chi connectivity index (χ1v) is 7.13. The number of aliphatic hydroxyl groups excluding tert-OH is 1. The number of benzene rings is 1. The lowest BCUT2D eigenvalue weighted by Crippen LogP contribution is -2.41. The van der Waals surface area contributed by atoms with E-state index in [1.807, 2.05) is 0 Å². The van der Waals surface area contributed by atoms with Crippen LogP contribution in [0.2, 0.25) is 0 Å². The average Bonchev–Trinajstić information content (AvgIpc) is 2.53. The summed E-state index contributed by atoms with van der Waals surface area (Å²) in [6.07, 6.45) is -0.313. The summed E-state index contributed by atoms with van der Waals surface area (Å²) in [5.74, 6) is -1.73. The van der Waals surface area contributed by atoms with Gasteiger partial charge in [-0.1, -0.05) is 0 Å². The lowest BCUT2D eigenvalue weighted by atomic mass is 10.2. The fraction of sp³-hybridized carbons (Fsp3) is 0.429. The Labute approximate surface area is 137 Å². The monoisotopic (exact) mass is 341 g/mol. The van der Waals surface area contributed by atoms with Crippen molar-refractivity contribution < 1.29 is 29.5 Å². The number of rotatable bonds is 11. The van der Waals surface area contributed by atoms with Crippen molar-refractivity contribution in [2.75, 3.05) is 31.7 Å². The van der Waals surface area contributed by atoms with E-state index in [9.17, 15) is 19.7 Å². The third kappa shape index (κ3) is 7.13. The van der Waals surface area contributed by atoms with Crippen molar-refractivity contribution in [1.29, 1.82) is 0 Å². The van der Waals surface area contributed by atoms with Crippen molar-refractivity contribution >= 4 is 23.3 Å². The molecule has 0 heterocycles.